The Kier molecular flexibility index (Phi) is 5.51. The molecule has 1 aromatic heterocycles. The highest BCUT2D eigenvalue weighted by Gasteiger charge is 2.21. The average Bonchev–Trinajstić information content (AvgIpc) is 2.75. The fraction of sp³-hybridized carbons (Fsp3) is 0.786. The highest BCUT2D eigenvalue weighted by Crippen LogP contribution is 2.21. The Bertz CT molecular complexity index is 324. The van der Waals surface area contributed by atoms with Crippen molar-refractivity contribution >= 4 is 11.6 Å². The van der Waals surface area contributed by atoms with Crippen molar-refractivity contribution in [1.82, 2.24) is 14.7 Å². The van der Waals surface area contributed by atoms with E-state index in [0.717, 1.165) is 19.5 Å². The number of hydrogen-bond acceptors (Lipinski definition) is 2. The Hall–Kier alpha value is -0.540. The van der Waals surface area contributed by atoms with E-state index in [1.807, 2.05) is 23.1 Å². The van der Waals surface area contributed by atoms with Gasteiger partial charge in [0.15, 0.2) is 0 Å². The molecule has 1 aromatic rings. The van der Waals surface area contributed by atoms with E-state index >= 15 is 0 Å². The minimum absolute atomic E-state index is 0.278. The highest BCUT2D eigenvalue weighted by atomic mass is 35.5. The molecule has 1 fully saturated rings. The van der Waals surface area contributed by atoms with E-state index in [-0.39, 0.29) is 5.38 Å². The minimum Gasteiger partial charge on any atom is -0.298 e. The Morgan fingerprint density at radius 3 is 2.94 bits per heavy atom. The number of nitrogens with zero attached hydrogens (tertiary/aromatic N) is 3. The van der Waals surface area contributed by atoms with Crippen LogP contribution in [0.25, 0.3) is 0 Å². The molecule has 18 heavy (non-hydrogen) atoms. The van der Waals surface area contributed by atoms with Gasteiger partial charge in [-0.3, -0.25) is 9.58 Å². The molecule has 0 radical (unpaired) electrons. The van der Waals surface area contributed by atoms with Crippen LogP contribution in [-0.4, -0.2) is 39.2 Å². The summed E-state index contributed by atoms with van der Waals surface area (Å²) in [4.78, 5) is 2.62. The summed E-state index contributed by atoms with van der Waals surface area (Å²) in [7, 11) is 0. The third-order valence-corrected chi connectivity index (χ3v) is 3.95. The zero-order chi connectivity index (χ0) is 12.8. The first kappa shape index (κ1) is 13.9. The second-order valence-electron chi connectivity index (χ2n) is 5.32. The summed E-state index contributed by atoms with van der Waals surface area (Å²) in [5.41, 5.74) is 0. The normalized spacial score (nSPS) is 23.8. The predicted molar refractivity (Wildman–Crippen MR) is 76.0 cm³/mol. The quantitative estimate of drug-likeness (QED) is 0.766. The van der Waals surface area contributed by atoms with Gasteiger partial charge in [-0.25, -0.2) is 0 Å². The van der Waals surface area contributed by atoms with Crippen molar-refractivity contribution < 1.29 is 0 Å². The van der Waals surface area contributed by atoms with Crippen LogP contribution in [0.15, 0.2) is 18.5 Å². The average molecular weight is 270 g/mol. The maximum Gasteiger partial charge on any atom is 0.0536 e. The molecular weight excluding hydrogens is 246 g/mol. The predicted octanol–water partition coefficient (Wildman–Crippen LogP) is 3.15. The van der Waals surface area contributed by atoms with E-state index in [9.17, 15) is 0 Å². The zero-order valence-electron chi connectivity index (χ0n) is 11.3. The lowest BCUT2D eigenvalue weighted by Gasteiger charge is -2.30. The first-order valence-electron chi connectivity index (χ1n) is 7.11. The van der Waals surface area contributed by atoms with Gasteiger partial charge in [0.1, 0.15) is 0 Å². The summed E-state index contributed by atoms with van der Waals surface area (Å²) in [5.74, 6) is 0. The molecular formula is C14H24ClN3. The number of likely N-dealkylation sites (tertiary alicyclic amines) is 1. The molecule has 102 valence electrons. The van der Waals surface area contributed by atoms with Crippen molar-refractivity contribution in [2.24, 2.45) is 0 Å². The lowest BCUT2D eigenvalue weighted by Crippen LogP contribution is -2.38. The van der Waals surface area contributed by atoms with Crippen LogP contribution >= 0.6 is 11.6 Å². The Labute approximate surface area is 115 Å². The van der Waals surface area contributed by atoms with Crippen molar-refractivity contribution in [2.45, 2.75) is 57.0 Å². The first-order chi connectivity index (χ1) is 8.75. The molecule has 3 nitrogen and oxygen atoms in total. The van der Waals surface area contributed by atoms with Gasteiger partial charge in [-0.05, 0) is 38.8 Å². The second kappa shape index (κ2) is 7.15. The fourth-order valence-corrected chi connectivity index (χ4v) is 3.04. The second-order valence-corrected chi connectivity index (χ2v) is 6.07. The van der Waals surface area contributed by atoms with E-state index in [1.54, 1.807) is 0 Å². The van der Waals surface area contributed by atoms with Gasteiger partial charge in [0.25, 0.3) is 0 Å². The molecule has 0 aromatic carbocycles. The summed E-state index contributed by atoms with van der Waals surface area (Å²) < 4.78 is 2.02. The van der Waals surface area contributed by atoms with Crippen molar-refractivity contribution in [2.75, 3.05) is 13.1 Å². The molecule has 0 N–H and O–H groups in total. The van der Waals surface area contributed by atoms with Crippen LogP contribution in [0.1, 0.15) is 39.0 Å². The van der Waals surface area contributed by atoms with Gasteiger partial charge in [0, 0.05) is 30.4 Å². The zero-order valence-corrected chi connectivity index (χ0v) is 12.0. The Balaban J connectivity index is 1.88. The number of hydrogen-bond donors (Lipinski definition) is 0. The summed E-state index contributed by atoms with van der Waals surface area (Å²) in [6, 6.07) is 2.65. The van der Waals surface area contributed by atoms with Gasteiger partial charge in [0.05, 0.1) is 6.54 Å². The maximum atomic E-state index is 6.19. The van der Waals surface area contributed by atoms with E-state index in [4.69, 9.17) is 11.6 Å². The van der Waals surface area contributed by atoms with Crippen molar-refractivity contribution in [3.8, 4) is 0 Å². The molecule has 0 bridgehead atoms. The monoisotopic (exact) mass is 269 g/mol. The van der Waals surface area contributed by atoms with Gasteiger partial charge < -0.3 is 0 Å². The number of aromatic nitrogens is 2. The SMILES string of the molecule is CC(Cl)CC1CCCCCN1CCn1cccn1. The summed E-state index contributed by atoms with van der Waals surface area (Å²) in [6.45, 7) is 5.41. The summed E-state index contributed by atoms with van der Waals surface area (Å²) in [6.07, 6.45) is 10.3. The Morgan fingerprint density at radius 2 is 2.22 bits per heavy atom. The summed E-state index contributed by atoms with van der Waals surface area (Å²) >= 11 is 6.19. The molecule has 4 heteroatoms. The van der Waals surface area contributed by atoms with Crippen molar-refractivity contribution in [1.29, 1.82) is 0 Å². The first-order valence-corrected chi connectivity index (χ1v) is 7.55. The lowest BCUT2D eigenvalue weighted by molar-refractivity contribution is 0.180. The van der Waals surface area contributed by atoms with Gasteiger partial charge in [-0.15, -0.1) is 11.6 Å². The highest BCUT2D eigenvalue weighted by molar-refractivity contribution is 6.20. The standard InChI is InChI=1S/C14H24ClN3/c1-13(15)12-14-6-3-2-4-8-17(14)10-11-18-9-5-7-16-18/h5,7,9,13-14H,2-4,6,8,10-12H2,1H3. The van der Waals surface area contributed by atoms with Crippen LogP contribution in [0.4, 0.5) is 0 Å². The third kappa shape index (κ3) is 4.29. The van der Waals surface area contributed by atoms with Crippen molar-refractivity contribution in [3.63, 3.8) is 0 Å². The summed E-state index contributed by atoms with van der Waals surface area (Å²) in [5, 5.41) is 4.55. The molecule has 0 aliphatic carbocycles. The smallest absolute Gasteiger partial charge is 0.0536 e. The van der Waals surface area contributed by atoms with Crippen LogP contribution in [0.5, 0.6) is 0 Å². The molecule has 1 saturated heterocycles. The topological polar surface area (TPSA) is 21.1 Å². The minimum atomic E-state index is 0.278. The molecule has 1 aliphatic rings. The van der Waals surface area contributed by atoms with Gasteiger partial charge in [-0.2, -0.15) is 5.10 Å². The molecule has 0 saturated carbocycles. The molecule has 2 rings (SSSR count). The third-order valence-electron chi connectivity index (χ3n) is 3.77. The van der Waals surface area contributed by atoms with Gasteiger partial charge in [-0.1, -0.05) is 12.8 Å². The fourth-order valence-electron chi connectivity index (χ4n) is 2.84. The lowest BCUT2D eigenvalue weighted by atomic mass is 10.0. The van der Waals surface area contributed by atoms with E-state index in [2.05, 4.69) is 16.9 Å². The van der Waals surface area contributed by atoms with Gasteiger partial charge in [0.2, 0.25) is 0 Å². The number of rotatable bonds is 5. The number of halogens is 1. The number of alkyl halides is 1. The van der Waals surface area contributed by atoms with Crippen LogP contribution in [0.3, 0.4) is 0 Å². The molecule has 2 heterocycles. The van der Waals surface area contributed by atoms with Crippen LogP contribution < -0.4 is 0 Å². The van der Waals surface area contributed by atoms with Crippen LogP contribution in [0.2, 0.25) is 0 Å². The Morgan fingerprint density at radius 1 is 1.33 bits per heavy atom. The largest absolute Gasteiger partial charge is 0.298 e. The van der Waals surface area contributed by atoms with E-state index < -0.39 is 0 Å². The molecule has 1 aliphatic heterocycles. The molecule has 0 spiro atoms. The molecule has 0 amide bonds. The van der Waals surface area contributed by atoms with Gasteiger partial charge >= 0.3 is 0 Å². The van der Waals surface area contributed by atoms with Crippen molar-refractivity contribution in [3.05, 3.63) is 18.5 Å². The van der Waals surface area contributed by atoms with Crippen LogP contribution in [0, 0.1) is 0 Å². The van der Waals surface area contributed by atoms with E-state index in [1.165, 1.54) is 32.2 Å². The maximum absolute atomic E-state index is 6.19. The molecule has 2 unspecified atom stereocenters. The molecule has 2 atom stereocenters. The van der Waals surface area contributed by atoms with E-state index in [0.29, 0.717) is 6.04 Å². The van der Waals surface area contributed by atoms with Crippen LogP contribution in [-0.2, 0) is 6.54 Å².